The topological polar surface area (TPSA) is 37.6 Å². The monoisotopic (exact) mass is 424 g/mol. The molecule has 1 atom stereocenters. The molecular formula is C24H30N3O2S+. The number of ether oxygens (including phenoxy) is 2. The van der Waals surface area contributed by atoms with Crippen LogP contribution in [0.3, 0.4) is 0 Å². The van der Waals surface area contributed by atoms with Gasteiger partial charge < -0.3 is 14.4 Å². The number of hydrogen-bond acceptors (Lipinski definition) is 5. The molecule has 1 aromatic rings. The van der Waals surface area contributed by atoms with Gasteiger partial charge >= 0.3 is 0 Å². The molecule has 5 nitrogen and oxygen atoms in total. The third-order valence-corrected chi connectivity index (χ3v) is 7.46. The first kappa shape index (κ1) is 19.9. The van der Waals surface area contributed by atoms with Crippen molar-refractivity contribution in [1.29, 1.82) is 0 Å². The molecule has 3 aliphatic heterocycles. The number of rotatable bonds is 3. The fourth-order valence-corrected chi connectivity index (χ4v) is 5.42. The molecule has 2 fully saturated rings. The van der Waals surface area contributed by atoms with Gasteiger partial charge in [0.05, 0.1) is 34.0 Å². The summed E-state index contributed by atoms with van der Waals surface area (Å²) in [7, 11) is 0. The van der Waals surface area contributed by atoms with Gasteiger partial charge in [0, 0.05) is 30.9 Å². The first-order valence-electron chi connectivity index (χ1n) is 11.1. The van der Waals surface area contributed by atoms with Gasteiger partial charge in [-0.25, -0.2) is 9.56 Å². The van der Waals surface area contributed by atoms with Gasteiger partial charge in [-0.05, 0) is 36.1 Å². The van der Waals surface area contributed by atoms with Crippen LogP contribution in [0.2, 0.25) is 0 Å². The Bertz CT molecular complexity index is 1080. The van der Waals surface area contributed by atoms with E-state index < -0.39 is 0 Å². The summed E-state index contributed by atoms with van der Waals surface area (Å²) in [5.41, 5.74) is 4.93. The van der Waals surface area contributed by atoms with E-state index >= 15 is 0 Å². The maximum absolute atomic E-state index is 5.57. The van der Waals surface area contributed by atoms with E-state index in [1.165, 1.54) is 26.2 Å². The average molecular weight is 425 g/mol. The number of aromatic nitrogens is 1. The van der Waals surface area contributed by atoms with Gasteiger partial charge in [0.25, 0.3) is 0 Å². The smallest absolute Gasteiger partial charge is 0.201 e. The minimum absolute atomic E-state index is 0.485. The highest BCUT2D eigenvalue weighted by molar-refractivity contribution is 7.21. The van der Waals surface area contributed by atoms with E-state index in [-0.39, 0.29) is 0 Å². The lowest BCUT2D eigenvalue weighted by molar-refractivity contribution is 0.0966. The molecule has 158 valence electrons. The normalized spacial score (nSPS) is 18.9. The van der Waals surface area contributed by atoms with E-state index in [9.17, 15) is 0 Å². The number of hydrogen-bond donors (Lipinski definition) is 0. The predicted octanol–water partition coefficient (Wildman–Crippen LogP) is 3.55. The van der Waals surface area contributed by atoms with Crippen molar-refractivity contribution >= 4 is 27.2 Å². The molecule has 5 rings (SSSR count). The lowest BCUT2D eigenvalue weighted by Crippen LogP contribution is -2.39. The van der Waals surface area contributed by atoms with Crippen molar-refractivity contribution in [2.45, 2.75) is 26.2 Å². The molecular weight excluding hydrogens is 394 g/mol. The van der Waals surface area contributed by atoms with Crippen LogP contribution >= 0.6 is 11.3 Å². The van der Waals surface area contributed by atoms with Crippen LogP contribution in [-0.2, 0) is 9.47 Å². The van der Waals surface area contributed by atoms with Gasteiger partial charge in [0.15, 0.2) is 13.1 Å². The summed E-state index contributed by atoms with van der Waals surface area (Å²) in [6, 6.07) is 11.4. The number of benzene rings is 2. The second-order valence-electron chi connectivity index (χ2n) is 8.26. The highest BCUT2D eigenvalue weighted by Gasteiger charge is 2.20. The van der Waals surface area contributed by atoms with Crippen molar-refractivity contribution in [2.75, 3.05) is 57.5 Å². The van der Waals surface area contributed by atoms with Crippen molar-refractivity contribution in [2.24, 2.45) is 0 Å². The number of nitrogens with zero attached hydrogens (tertiary/aromatic N) is 3. The highest BCUT2D eigenvalue weighted by Crippen LogP contribution is 2.37. The average Bonchev–Trinajstić information content (AvgIpc) is 2.82. The quantitative estimate of drug-likeness (QED) is 0.476. The zero-order chi connectivity index (χ0) is 20.5. The molecule has 30 heavy (non-hydrogen) atoms. The molecule has 4 aliphatic rings. The SMILES string of the molecule is CCC(C)c1cc(N2CCOCC2)cc2sc3cc(=[N+]4CCOCC4)ccc-3nc12. The van der Waals surface area contributed by atoms with Crippen LogP contribution in [0.25, 0.3) is 20.8 Å². The number of fused-ring (bicyclic) bond motifs is 2. The second-order valence-corrected chi connectivity index (χ2v) is 9.34. The molecule has 2 saturated heterocycles. The van der Waals surface area contributed by atoms with Gasteiger partial charge in [0.1, 0.15) is 13.2 Å². The summed E-state index contributed by atoms with van der Waals surface area (Å²) in [5.74, 6) is 0.485. The van der Waals surface area contributed by atoms with E-state index in [1.807, 2.05) is 11.3 Å². The third kappa shape index (κ3) is 3.84. The number of anilines is 1. The minimum Gasteiger partial charge on any atom is -0.378 e. The Kier molecular flexibility index (Phi) is 5.72. The molecule has 0 spiro atoms. The van der Waals surface area contributed by atoms with E-state index in [0.717, 1.165) is 70.2 Å². The van der Waals surface area contributed by atoms with Crippen molar-refractivity contribution in [3.63, 3.8) is 0 Å². The molecule has 1 aliphatic carbocycles. The standard InChI is InChI=1S/C24H30N3O2S/c1-3-17(2)20-14-19(27-8-12-29-13-9-27)16-23-24(20)25-21-5-4-18(15-22(21)30-23)26-6-10-28-11-7-26/h4-5,14-17H,3,6-13H2,1-2H3/q+1. The minimum atomic E-state index is 0.485. The van der Waals surface area contributed by atoms with Crippen LogP contribution in [-0.4, -0.2) is 57.6 Å². The van der Waals surface area contributed by atoms with Crippen LogP contribution in [0, 0.1) is 0 Å². The summed E-state index contributed by atoms with van der Waals surface area (Å²) in [6.45, 7) is 11.6. The zero-order valence-corrected chi connectivity index (χ0v) is 18.7. The van der Waals surface area contributed by atoms with Crippen molar-refractivity contribution in [1.82, 2.24) is 9.56 Å². The Hall–Kier alpha value is -2.02. The lowest BCUT2D eigenvalue weighted by Gasteiger charge is -2.30. The van der Waals surface area contributed by atoms with Crippen molar-refractivity contribution < 1.29 is 9.47 Å². The molecule has 1 unspecified atom stereocenters. The van der Waals surface area contributed by atoms with Crippen LogP contribution in [0.4, 0.5) is 5.69 Å². The number of morpholine rings is 2. The molecule has 3 heterocycles. The van der Waals surface area contributed by atoms with Gasteiger partial charge in [0.2, 0.25) is 5.36 Å². The van der Waals surface area contributed by atoms with Crippen LogP contribution in [0.1, 0.15) is 31.7 Å². The van der Waals surface area contributed by atoms with Gasteiger partial charge in [-0.3, -0.25) is 0 Å². The molecule has 6 heteroatoms. The predicted molar refractivity (Wildman–Crippen MR) is 124 cm³/mol. The lowest BCUT2D eigenvalue weighted by atomic mass is 9.96. The Balaban J connectivity index is 1.68. The molecule has 0 N–H and O–H groups in total. The fourth-order valence-electron chi connectivity index (χ4n) is 4.35. The van der Waals surface area contributed by atoms with E-state index in [0.29, 0.717) is 5.92 Å². The molecule has 0 aromatic heterocycles. The summed E-state index contributed by atoms with van der Waals surface area (Å²) in [4.78, 5) is 8.85. The Morgan fingerprint density at radius 2 is 1.83 bits per heavy atom. The molecule has 0 radical (unpaired) electrons. The van der Waals surface area contributed by atoms with Gasteiger partial charge in [-0.2, -0.15) is 0 Å². The van der Waals surface area contributed by atoms with Gasteiger partial charge in [-0.15, -0.1) is 11.3 Å². The second kappa shape index (κ2) is 8.61. The Labute approximate surface area is 181 Å². The van der Waals surface area contributed by atoms with E-state index in [1.54, 1.807) is 0 Å². The molecule has 1 aromatic carbocycles. The van der Waals surface area contributed by atoms with Crippen LogP contribution in [0.5, 0.6) is 0 Å². The summed E-state index contributed by atoms with van der Waals surface area (Å²) >= 11 is 1.87. The Morgan fingerprint density at radius 1 is 1.07 bits per heavy atom. The van der Waals surface area contributed by atoms with Gasteiger partial charge in [-0.1, -0.05) is 13.8 Å². The molecule has 0 amide bonds. The largest absolute Gasteiger partial charge is 0.378 e. The Morgan fingerprint density at radius 3 is 2.60 bits per heavy atom. The maximum Gasteiger partial charge on any atom is 0.201 e. The van der Waals surface area contributed by atoms with Crippen molar-refractivity contribution in [3.05, 3.63) is 41.3 Å². The van der Waals surface area contributed by atoms with Crippen LogP contribution < -0.4 is 14.8 Å². The van der Waals surface area contributed by atoms with E-state index in [4.69, 9.17) is 14.5 Å². The summed E-state index contributed by atoms with van der Waals surface area (Å²) in [6.07, 6.45) is 1.11. The van der Waals surface area contributed by atoms with E-state index in [2.05, 4.69) is 53.7 Å². The molecule has 0 bridgehead atoms. The zero-order valence-electron chi connectivity index (χ0n) is 17.9. The maximum atomic E-state index is 5.57. The van der Waals surface area contributed by atoms with Crippen molar-refractivity contribution in [3.8, 4) is 10.6 Å². The fraction of sp³-hybridized carbons (Fsp3) is 0.500. The highest BCUT2D eigenvalue weighted by atomic mass is 32.1. The summed E-state index contributed by atoms with van der Waals surface area (Å²) < 4.78 is 14.8. The molecule has 0 saturated carbocycles. The van der Waals surface area contributed by atoms with Crippen LogP contribution in [0.15, 0.2) is 30.3 Å². The summed E-state index contributed by atoms with van der Waals surface area (Å²) in [5, 5.41) is 1.27. The third-order valence-electron chi connectivity index (χ3n) is 6.38. The first-order chi connectivity index (χ1) is 14.7. The first-order valence-corrected chi connectivity index (χ1v) is 11.9.